The normalized spacial score (nSPS) is 18.6. The largest absolute Gasteiger partial charge is 0.480 e. The SMILES string of the molecule is O=C(Nc1cccc(C(=O)N2C[C@H](O)C[C@H]2C(=O)O)n1)OCC1c2ccccc2-c2ccccc21. The van der Waals surface area contributed by atoms with Crippen molar-refractivity contribution in [2.24, 2.45) is 0 Å². The predicted molar refractivity (Wildman–Crippen MR) is 126 cm³/mol. The van der Waals surface area contributed by atoms with Crippen LogP contribution in [0.2, 0.25) is 0 Å². The lowest BCUT2D eigenvalue weighted by Gasteiger charge is -2.20. The maximum atomic E-state index is 12.8. The average molecular weight is 473 g/mol. The van der Waals surface area contributed by atoms with Crippen LogP contribution in [0.15, 0.2) is 66.7 Å². The first kappa shape index (κ1) is 22.5. The predicted octanol–water partition coefficient (Wildman–Crippen LogP) is 3.10. The fourth-order valence-electron chi connectivity index (χ4n) is 4.78. The van der Waals surface area contributed by atoms with Crippen LogP contribution in [0.1, 0.15) is 34.0 Å². The standard InChI is InChI=1S/C26H23N3O6/c30-15-12-22(25(32)33)29(13-15)24(31)21-10-5-11-23(27-21)28-26(34)35-14-20-18-8-3-1-6-16(18)17-7-2-4-9-19(17)20/h1-11,15,20,22,30H,12-14H2,(H,32,33)(H,27,28,34)/t15-,22+/m1/s1. The van der Waals surface area contributed by atoms with Crippen molar-refractivity contribution in [2.75, 3.05) is 18.5 Å². The minimum atomic E-state index is -1.19. The van der Waals surface area contributed by atoms with Gasteiger partial charge in [-0.05, 0) is 34.4 Å². The quantitative estimate of drug-likeness (QED) is 0.519. The number of nitrogens with one attached hydrogen (secondary N) is 1. The Kier molecular flexibility index (Phi) is 5.92. The van der Waals surface area contributed by atoms with Gasteiger partial charge in [-0.15, -0.1) is 0 Å². The van der Waals surface area contributed by atoms with E-state index in [4.69, 9.17) is 4.74 Å². The van der Waals surface area contributed by atoms with Crippen LogP contribution in [0, 0.1) is 0 Å². The van der Waals surface area contributed by atoms with Crippen LogP contribution >= 0.6 is 0 Å². The molecule has 2 aromatic carbocycles. The van der Waals surface area contributed by atoms with Crippen LogP contribution in [0.4, 0.5) is 10.6 Å². The van der Waals surface area contributed by atoms with Crippen molar-refractivity contribution in [2.45, 2.75) is 24.5 Å². The number of aliphatic carboxylic acids is 1. The number of aromatic nitrogens is 1. The van der Waals surface area contributed by atoms with E-state index in [9.17, 15) is 24.6 Å². The number of carboxylic acids is 1. The van der Waals surface area contributed by atoms with Crippen LogP contribution in [-0.2, 0) is 9.53 Å². The van der Waals surface area contributed by atoms with Crippen LogP contribution < -0.4 is 5.32 Å². The number of carbonyl (C=O) groups is 3. The summed E-state index contributed by atoms with van der Waals surface area (Å²) in [6.07, 6.45) is -1.68. The smallest absolute Gasteiger partial charge is 0.412 e. The van der Waals surface area contributed by atoms with Crippen LogP contribution in [0.3, 0.4) is 0 Å². The number of nitrogens with zero attached hydrogens (tertiary/aromatic N) is 2. The summed E-state index contributed by atoms with van der Waals surface area (Å²) in [4.78, 5) is 42.0. The molecule has 0 radical (unpaired) electrons. The lowest BCUT2D eigenvalue weighted by molar-refractivity contribution is -0.141. The van der Waals surface area contributed by atoms with E-state index in [1.165, 1.54) is 18.2 Å². The number of hydrogen-bond acceptors (Lipinski definition) is 6. The molecule has 1 aliphatic carbocycles. The summed E-state index contributed by atoms with van der Waals surface area (Å²) in [5.74, 6) is -1.82. The highest BCUT2D eigenvalue weighted by atomic mass is 16.5. The molecule has 35 heavy (non-hydrogen) atoms. The topological polar surface area (TPSA) is 129 Å². The Hall–Kier alpha value is -4.24. The molecule has 2 aliphatic rings. The van der Waals surface area contributed by atoms with E-state index in [1.54, 1.807) is 0 Å². The van der Waals surface area contributed by atoms with Gasteiger partial charge in [0.25, 0.3) is 5.91 Å². The molecule has 2 atom stereocenters. The van der Waals surface area contributed by atoms with Gasteiger partial charge in [0.1, 0.15) is 24.2 Å². The zero-order chi connectivity index (χ0) is 24.5. The van der Waals surface area contributed by atoms with Gasteiger partial charge >= 0.3 is 12.1 Å². The summed E-state index contributed by atoms with van der Waals surface area (Å²) >= 11 is 0. The Bertz CT molecular complexity index is 1260. The highest BCUT2D eigenvalue weighted by Gasteiger charge is 2.39. The van der Waals surface area contributed by atoms with E-state index >= 15 is 0 Å². The molecule has 3 N–H and O–H groups in total. The fourth-order valence-corrected chi connectivity index (χ4v) is 4.78. The molecule has 1 saturated heterocycles. The van der Waals surface area contributed by atoms with Crippen molar-refractivity contribution in [3.8, 4) is 11.1 Å². The van der Waals surface area contributed by atoms with Crippen molar-refractivity contribution in [1.29, 1.82) is 0 Å². The van der Waals surface area contributed by atoms with Gasteiger partial charge < -0.3 is 19.8 Å². The first-order chi connectivity index (χ1) is 16.9. The van der Waals surface area contributed by atoms with Crippen molar-refractivity contribution in [1.82, 2.24) is 9.88 Å². The fraction of sp³-hybridized carbons (Fsp3) is 0.231. The van der Waals surface area contributed by atoms with Crippen LogP contribution in [0.25, 0.3) is 11.1 Å². The number of fused-ring (bicyclic) bond motifs is 3. The molecular weight excluding hydrogens is 450 g/mol. The van der Waals surface area contributed by atoms with Crippen LogP contribution in [-0.4, -0.2) is 63.4 Å². The molecule has 2 amide bonds. The van der Waals surface area contributed by atoms with Gasteiger partial charge in [-0.1, -0.05) is 54.6 Å². The molecular formula is C26H23N3O6. The van der Waals surface area contributed by atoms with Gasteiger partial charge in [-0.3, -0.25) is 10.1 Å². The third-order valence-corrected chi connectivity index (χ3v) is 6.37. The maximum absolute atomic E-state index is 12.8. The highest BCUT2D eigenvalue weighted by molar-refractivity contribution is 5.96. The monoisotopic (exact) mass is 473 g/mol. The number of ether oxygens (including phenoxy) is 1. The molecule has 0 bridgehead atoms. The number of anilines is 1. The van der Waals surface area contributed by atoms with Crippen molar-refractivity contribution >= 4 is 23.8 Å². The molecule has 5 rings (SSSR count). The number of hydrogen-bond donors (Lipinski definition) is 3. The minimum Gasteiger partial charge on any atom is -0.480 e. The van der Waals surface area contributed by atoms with E-state index < -0.39 is 30.1 Å². The summed E-state index contributed by atoms with van der Waals surface area (Å²) in [6, 6.07) is 19.4. The second-order valence-electron chi connectivity index (χ2n) is 8.56. The Labute approximate surface area is 201 Å². The van der Waals surface area contributed by atoms with Gasteiger partial charge in [-0.2, -0.15) is 0 Å². The van der Waals surface area contributed by atoms with E-state index in [2.05, 4.69) is 22.4 Å². The number of aliphatic hydroxyl groups excluding tert-OH is 1. The van der Waals surface area contributed by atoms with Crippen molar-refractivity contribution < 1.29 is 29.3 Å². The summed E-state index contributed by atoms with van der Waals surface area (Å²) < 4.78 is 5.51. The van der Waals surface area contributed by atoms with Crippen molar-refractivity contribution in [3.05, 3.63) is 83.6 Å². The minimum absolute atomic E-state index is 0.0400. The lowest BCUT2D eigenvalue weighted by Crippen LogP contribution is -2.41. The molecule has 2 heterocycles. The zero-order valence-electron chi connectivity index (χ0n) is 18.6. The molecule has 0 saturated carbocycles. The number of carboxylic acid groups (broad SMARTS) is 1. The summed E-state index contributed by atoms with van der Waals surface area (Å²) in [5.41, 5.74) is 4.39. The molecule has 1 fully saturated rings. The number of rotatable bonds is 5. The highest BCUT2D eigenvalue weighted by Crippen LogP contribution is 2.44. The Morgan fingerprint density at radius 1 is 0.971 bits per heavy atom. The number of β-amino-alcohol motifs (C(OH)–C–C–N with tert-alkyl or cyclic N) is 1. The Morgan fingerprint density at radius 2 is 1.63 bits per heavy atom. The molecule has 9 heteroatoms. The van der Waals surface area contributed by atoms with Gasteiger partial charge in [0.15, 0.2) is 0 Å². The van der Waals surface area contributed by atoms with Crippen molar-refractivity contribution in [3.63, 3.8) is 0 Å². The molecule has 1 aliphatic heterocycles. The second kappa shape index (κ2) is 9.19. The molecule has 178 valence electrons. The molecule has 9 nitrogen and oxygen atoms in total. The summed E-state index contributed by atoms with van der Waals surface area (Å²) in [7, 11) is 0. The summed E-state index contributed by atoms with van der Waals surface area (Å²) in [6.45, 7) is 0.0337. The molecule has 3 aromatic rings. The number of benzene rings is 2. The number of likely N-dealkylation sites (tertiary alicyclic amines) is 1. The first-order valence-corrected chi connectivity index (χ1v) is 11.2. The van der Waals surface area contributed by atoms with Gasteiger partial charge in [0, 0.05) is 18.9 Å². The second-order valence-corrected chi connectivity index (χ2v) is 8.56. The molecule has 0 spiro atoms. The lowest BCUT2D eigenvalue weighted by atomic mass is 9.98. The third kappa shape index (κ3) is 4.33. The zero-order valence-corrected chi connectivity index (χ0v) is 18.6. The molecule has 1 aromatic heterocycles. The Balaban J connectivity index is 1.26. The number of aliphatic hydroxyl groups is 1. The van der Waals surface area contributed by atoms with E-state index in [0.717, 1.165) is 27.2 Å². The van der Waals surface area contributed by atoms with Gasteiger partial charge in [0.2, 0.25) is 0 Å². The van der Waals surface area contributed by atoms with Gasteiger partial charge in [0.05, 0.1) is 6.10 Å². The number of pyridine rings is 1. The van der Waals surface area contributed by atoms with E-state index in [-0.39, 0.29) is 37.0 Å². The molecule has 0 unspecified atom stereocenters. The van der Waals surface area contributed by atoms with Gasteiger partial charge in [-0.25, -0.2) is 14.6 Å². The average Bonchev–Trinajstić information content (AvgIpc) is 3.41. The maximum Gasteiger partial charge on any atom is 0.412 e. The van der Waals surface area contributed by atoms with E-state index in [0.29, 0.717) is 0 Å². The third-order valence-electron chi connectivity index (χ3n) is 6.37. The number of carbonyl (C=O) groups excluding carboxylic acids is 2. The Morgan fingerprint density at radius 3 is 2.29 bits per heavy atom. The summed E-state index contributed by atoms with van der Waals surface area (Å²) in [5, 5.41) is 21.7. The van der Waals surface area contributed by atoms with E-state index in [1.807, 2.05) is 36.4 Å². The number of amides is 2. The van der Waals surface area contributed by atoms with Crippen LogP contribution in [0.5, 0.6) is 0 Å². The first-order valence-electron chi connectivity index (χ1n) is 11.2.